The highest BCUT2D eigenvalue weighted by Gasteiger charge is 2.32. The van der Waals surface area contributed by atoms with Crippen molar-refractivity contribution in [3.05, 3.63) is 35.9 Å². The van der Waals surface area contributed by atoms with Crippen molar-refractivity contribution in [2.24, 2.45) is 11.7 Å². The second-order valence-electron chi connectivity index (χ2n) is 6.85. The summed E-state index contributed by atoms with van der Waals surface area (Å²) in [4.78, 5) is 27.7. The molecule has 3 N–H and O–H groups in total. The molecule has 2 saturated heterocycles. The molecule has 0 spiro atoms. The van der Waals surface area contributed by atoms with E-state index in [0.717, 1.165) is 19.5 Å². The molecule has 0 saturated carbocycles. The van der Waals surface area contributed by atoms with Crippen LogP contribution >= 0.6 is 0 Å². The van der Waals surface area contributed by atoms with Gasteiger partial charge < -0.3 is 16.0 Å². The second kappa shape index (κ2) is 7.21. The molecule has 3 rings (SSSR count). The molecule has 6 nitrogen and oxygen atoms in total. The number of nitrogens with zero attached hydrogens (tertiary/aromatic N) is 2. The van der Waals surface area contributed by atoms with Crippen LogP contribution in [0.3, 0.4) is 0 Å². The van der Waals surface area contributed by atoms with Crippen LogP contribution in [0.15, 0.2) is 30.3 Å². The summed E-state index contributed by atoms with van der Waals surface area (Å²) in [5.41, 5.74) is 6.63. The minimum atomic E-state index is -0.311. The lowest BCUT2D eigenvalue weighted by atomic mass is 10.1. The molecule has 2 aliphatic rings. The third kappa shape index (κ3) is 3.70. The van der Waals surface area contributed by atoms with Crippen LogP contribution in [0.4, 0.5) is 4.79 Å². The van der Waals surface area contributed by atoms with Gasteiger partial charge in [0, 0.05) is 38.3 Å². The maximum atomic E-state index is 12.4. The lowest BCUT2D eigenvalue weighted by molar-refractivity contribution is -0.121. The van der Waals surface area contributed by atoms with Gasteiger partial charge in [-0.2, -0.15) is 0 Å². The predicted molar refractivity (Wildman–Crippen MR) is 92.2 cm³/mol. The molecule has 2 aliphatic heterocycles. The van der Waals surface area contributed by atoms with Crippen molar-refractivity contribution in [2.45, 2.75) is 31.8 Å². The van der Waals surface area contributed by atoms with Gasteiger partial charge in [0.25, 0.3) is 0 Å². The normalized spacial score (nSPS) is 25.6. The average molecular weight is 330 g/mol. The number of carbonyl (C=O) groups is 2. The molecule has 0 aliphatic carbocycles. The first-order valence-corrected chi connectivity index (χ1v) is 8.68. The van der Waals surface area contributed by atoms with Crippen molar-refractivity contribution in [2.75, 3.05) is 26.2 Å². The Kier molecular flexibility index (Phi) is 5.04. The van der Waals surface area contributed by atoms with E-state index in [9.17, 15) is 9.59 Å². The minimum absolute atomic E-state index is 0.0713. The summed E-state index contributed by atoms with van der Waals surface area (Å²) in [6, 6.07) is 10.9. The number of benzene rings is 1. The van der Waals surface area contributed by atoms with Crippen molar-refractivity contribution >= 4 is 11.9 Å². The van der Waals surface area contributed by atoms with E-state index in [1.807, 2.05) is 6.07 Å². The number of hydrogen-bond donors (Lipinski definition) is 2. The van der Waals surface area contributed by atoms with Crippen LogP contribution < -0.4 is 11.1 Å². The molecule has 130 valence electrons. The summed E-state index contributed by atoms with van der Waals surface area (Å²) < 4.78 is 0. The first kappa shape index (κ1) is 16.8. The summed E-state index contributed by atoms with van der Waals surface area (Å²) in [5, 5.41) is 3.11. The fraction of sp³-hybridized carbons (Fsp3) is 0.556. The maximum Gasteiger partial charge on any atom is 0.317 e. The Hall–Kier alpha value is -2.08. The second-order valence-corrected chi connectivity index (χ2v) is 6.85. The molecule has 3 atom stereocenters. The Balaban J connectivity index is 1.49. The van der Waals surface area contributed by atoms with E-state index >= 15 is 0 Å². The molecule has 24 heavy (non-hydrogen) atoms. The number of carbonyl (C=O) groups excluding carboxylic acids is 2. The Morgan fingerprint density at radius 3 is 2.58 bits per heavy atom. The summed E-state index contributed by atoms with van der Waals surface area (Å²) in [7, 11) is 0. The largest absolute Gasteiger partial charge is 0.369 e. The topological polar surface area (TPSA) is 78.7 Å². The Bertz CT molecular complexity index is 592. The van der Waals surface area contributed by atoms with E-state index in [-0.39, 0.29) is 23.9 Å². The number of hydrogen-bond acceptors (Lipinski definition) is 3. The number of urea groups is 1. The van der Waals surface area contributed by atoms with Gasteiger partial charge >= 0.3 is 6.03 Å². The summed E-state index contributed by atoms with van der Waals surface area (Å²) in [6.45, 7) is 5.09. The third-order valence-corrected chi connectivity index (χ3v) is 5.25. The van der Waals surface area contributed by atoms with Crippen LogP contribution in [0.25, 0.3) is 0 Å². The van der Waals surface area contributed by atoms with Gasteiger partial charge in [0.1, 0.15) is 0 Å². The number of nitrogens with two attached hydrogens (primary N) is 1. The molecule has 2 heterocycles. The number of rotatable bonds is 4. The lowest BCUT2D eigenvalue weighted by Crippen LogP contribution is -2.45. The number of likely N-dealkylation sites (tertiary alicyclic amines) is 2. The van der Waals surface area contributed by atoms with E-state index in [4.69, 9.17) is 5.73 Å². The monoisotopic (exact) mass is 330 g/mol. The van der Waals surface area contributed by atoms with E-state index < -0.39 is 0 Å². The molecule has 2 fully saturated rings. The Morgan fingerprint density at radius 2 is 1.92 bits per heavy atom. The number of nitrogens with one attached hydrogen (secondary N) is 1. The molecule has 0 radical (unpaired) electrons. The first-order chi connectivity index (χ1) is 11.5. The van der Waals surface area contributed by atoms with E-state index in [2.05, 4.69) is 41.4 Å². The van der Waals surface area contributed by atoms with Gasteiger partial charge in [0.15, 0.2) is 0 Å². The molecule has 1 aromatic rings. The highest BCUT2D eigenvalue weighted by molar-refractivity contribution is 5.80. The fourth-order valence-electron chi connectivity index (χ4n) is 3.64. The average Bonchev–Trinajstić information content (AvgIpc) is 3.24. The van der Waals surface area contributed by atoms with Crippen molar-refractivity contribution in [3.63, 3.8) is 0 Å². The van der Waals surface area contributed by atoms with Gasteiger partial charge in [-0.3, -0.25) is 9.69 Å². The summed E-state index contributed by atoms with van der Waals surface area (Å²) in [5.74, 6) is -0.511. The van der Waals surface area contributed by atoms with Crippen molar-refractivity contribution < 1.29 is 9.59 Å². The predicted octanol–water partition coefficient (Wildman–Crippen LogP) is 1.34. The van der Waals surface area contributed by atoms with E-state index in [1.54, 1.807) is 4.90 Å². The smallest absolute Gasteiger partial charge is 0.317 e. The quantitative estimate of drug-likeness (QED) is 0.874. The first-order valence-electron chi connectivity index (χ1n) is 8.68. The molecule has 3 unspecified atom stereocenters. The number of primary amides is 1. The number of amides is 3. The highest BCUT2D eigenvalue weighted by Crippen LogP contribution is 2.24. The van der Waals surface area contributed by atoms with Gasteiger partial charge in [-0.15, -0.1) is 0 Å². The van der Waals surface area contributed by atoms with Crippen molar-refractivity contribution in [1.82, 2.24) is 15.1 Å². The van der Waals surface area contributed by atoms with Crippen molar-refractivity contribution in [3.8, 4) is 0 Å². The highest BCUT2D eigenvalue weighted by atomic mass is 16.2. The zero-order valence-corrected chi connectivity index (χ0v) is 14.1. The summed E-state index contributed by atoms with van der Waals surface area (Å²) in [6.07, 6.45) is 1.63. The van der Waals surface area contributed by atoms with Crippen LogP contribution in [0, 0.1) is 5.92 Å². The van der Waals surface area contributed by atoms with Crippen molar-refractivity contribution in [1.29, 1.82) is 0 Å². The standard InChI is InChI=1S/C18H26N4O2/c1-13(14-5-3-2-4-6-14)21-10-8-16(12-21)20-18(24)22-9-7-15(11-22)17(19)23/h2-6,13,15-16H,7-12H2,1H3,(H2,19,23)(H,20,24). The van der Waals surface area contributed by atoms with Crippen LogP contribution in [-0.2, 0) is 4.79 Å². The van der Waals surface area contributed by atoms with E-state index in [1.165, 1.54) is 5.56 Å². The molecule has 0 bridgehead atoms. The molecule has 6 heteroatoms. The SMILES string of the molecule is CC(c1ccccc1)N1CCC(NC(=O)N2CCC(C(N)=O)C2)C1. The van der Waals surface area contributed by atoms with Gasteiger partial charge in [0.05, 0.1) is 5.92 Å². The zero-order chi connectivity index (χ0) is 17.1. The van der Waals surface area contributed by atoms with Gasteiger partial charge in [0.2, 0.25) is 5.91 Å². The molecular weight excluding hydrogens is 304 g/mol. The lowest BCUT2D eigenvalue weighted by Gasteiger charge is -2.25. The van der Waals surface area contributed by atoms with E-state index in [0.29, 0.717) is 25.6 Å². The summed E-state index contributed by atoms with van der Waals surface area (Å²) >= 11 is 0. The maximum absolute atomic E-state index is 12.4. The molecule has 1 aromatic carbocycles. The zero-order valence-electron chi connectivity index (χ0n) is 14.1. The fourth-order valence-corrected chi connectivity index (χ4v) is 3.64. The van der Waals surface area contributed by atoms with Crippen LogP contribution in [0.1, 0.15) is 31.4 Å². The van der Waals surface area contributed by atoms with Crippen LogP contribution in [0.5, 0.6) is 0 Å². The van der Waals surface area contributed by atoms with Crippen LogP contribution in [-0.4, -0.2) is 54.0 Å². The van der Waals surface area contributed by atoms with Gasteiger partial charge in [-0.1, -0.05) is 30.3 Å². The minimum Gasteiger partial charge on any atom is -0.369 e. The van der Waals surface area contributed by atoms with Gasteiger partial charge in [-0.25, -0.2) is 4.79 Å². The molecular formula is C18H26N4O2. The Morgan fingerprint density at radius 1 is 1.17 bits per heavy atom. The van der Waals surface area contributed by atoms with Gasteiger partial charge in [-0.05, 0) is 25.3 Å². The molecule has 3 amide bonds. The molecule has 0 aromatic heterocycles. The third-order valence-electron chi connectivity index (χ3n) is 5.25. The van der Waals surface area contributed by atoms with Crippen LogP contribution in [0.2, 0.25) is 0 Å². The Labute approximate surface area is 143 Å².